The van der Waals surface area contributed by atoms with E-state index in [-0.39, 0.29) is 5.92 Å². The fourth-order valence-electron chi connectivity index (χ4n) is 4.54. The first-order valence-corrected chi connectivity index (χ1v) is 10.9. The van der Waals surface area contributed by atoms with Crippen molar-refractivity contribution < 1.29 is 0 Å². The molecule has 6 rings (SSSR count). The van der Waals surface area contributed by atoms with E-state index in [1.54, 1.807) is 21.8 Å². The first-order valence-electron chi connectivity index (χ1n) is 10.9. The van der Waals surface area contributed by atoms with Gasteiger partial charge in [0.05, 0.1) is 46.4 Å². The number of hydrogen-bond acceptors (Lipinski definition) is 6. The quantitative estimate of drug-likeness (QED) is 0.414. The van der Waals surface area contributed by atoms with E-state index in [9.17, 15) is 0 Å². The lowest BCUT2D eigenvalue weighted by atomic mass is 9.97. The van der Waals surface area contributed by atoms with Gasteiger partial charge in [0.25, 0.3) is 0 Å². The highest BCUT2D eigenvalue weighted by molar-refractivity contribution is 5.97. The smallest absolute Gasteiger partial charge is 0.0970 e. The molecule has 0 aliphatic carbocycles. The van der Waals surface area contributed by atoms with Crippen molar-refractivity contribution in [3.63, 3.8) is 0 Å². The lowest BCUT2D eigenvalue weighted by Gasteiger charge is -2.16. The number of hydrogen-bond donors (Lipinski definition) is 1. The molecule has 0 amide bonds. The molecule has 1 atom stereocenters. The zero-order valence-corrected chi connectivity index (χ0v) is 19.1. The number of anilines is 1. The Balaban J connectivity index is 1.59. The number of nitrogens with zero attached hydrogens (tertiary/aromatic N) is 8. The Hall–Kier alpha value is -4.53. The van der Waals surface area contributed by atoms with Gasteiger partial charge in [0, 0.05) is 50.3 Å². The molecule has 0 radical (unpaired) electrons. The summed E-state index contributed by atoms with van der Waals surface area (Å²) in [5.41, 5.74) is 14.1. The maximum atomic E-state index is 6.27. The first kappa shape index (κ1) is 20.1. The third kappa shape index (κ3) is 3.21. The highest BCUT2D eigenvalue weighted by atomic mass is 15.4. The molecular weight excluding hydrogens is 426 g/mol. The van der Waals surface area contributed by atoms with Crippen molar-refractivity contribution in [2.75, 3.05) is 5.73 Å². The minimum Gasteiger partial charge on any atom is -0.399 e. The largest absolute Gasteiger partial charge is 0.399 e. The van der Waals surface area contributed by atoms with Gasteiger partial charge in [0.2, 0.25) is 0 Å². The zero-order valence-electron chi connectivity index (χ0n) is 19.1. The van der Waals surface area contributed by atoms with Crippen molar-refractivity contribution in [1.29, 1.82) is 0 Å². The molecule has 0 saturated carbocycles. The molecule has 168 valence electrons. The van der Waals surface area contributed by atoms with E-state index in [1.807, 2.05) is 45.5 Å². The highest BCUT2D eigenvalue weighted by Crippen LogP contribution is 2.34. The molecule has 9 nitrogen and oxygen atoms in total. The maximum absolute atomic E-state index is 6.27. The Labute approximate surface area is 195 Å². The Morgan fingerprint density at radius 3 is 2.56 bits per heavy atom. The Morgan fingerprint density at radius 1 is 0.912 bits per heavy atom. The van der Waals surface area contributed by atoms with Crippen molar-refractivity contribution in [2.24, 2.45) is 21.1 Å². The van der Waals surface area contributed by atoms with Crippen LogP contribution in [0, 0.1) is 0 Å². The average Bonchev–Trinajstić information content (AvgIpc) is 3.55. The maximum Gasteiger partial charge on any atom is 0.0970 e. The van der Waals surface area contributed by atoms with E-state index in [0.29, 0.717) is 5.69 Å². The molecule has 0 spiro atoms. The van der Waals surface area contributed by atoms with Crippen LogP contribution >= 0.6 is 0 Å². The average molecular weight is 450 g/mol. The van der Waals surface area contributed by atoms with Gasteiger partial charge < -0.3 is 10.3 Å². The van der Waals surface area contributed by atoms with E-state index >= 15 is 0 Å². The summed E-state index contributed by atoms with van der Waals surface area (Å²) in [5, 5.41) is 14.1. The number of aryl methyl sites for hydroxylation is 3. The van der Waals surface area contributed by atoms with Crippen LogP contribution in [0.15, 0.2) is 67.3 Å². The third-order valence-electron chi connectivity index (χ3n) is 6.26. The van der Waals surface area contributed by atoms with Crippen LogP contribution < -0.4 is 5.73 Å². The summed E-state index contributed by atoms with van der Waals surface area (Å²) < 4.78 is 5.64. The van der Waals surface area contributed by atoms with Crippen molar-refractivity contribution >= 4 is 27.6 Å². The molecular formula is C25H23N9. The summed E-state index contributed by atoms with van der Waals surface area (Å²) in [7, 11) is 5.81. The minimum atomic E-state index is -0.265. The number of benzene rings is 2. The lowest BCUT2D eigenvalue weighted by molar-refractivity contribution is 0.650. The molecule has 34 heavy (non-hydrogen) atoms. The van der Waals surface area contributed by atoms with Crippen LogP contribution in [0.25, 0.3) is 33.1 Å². The van der Waals surface area contributed by atoms with Crippen LogP contribution in [0.1, 0.15) is 23.0 Å². The molecule has 0 bridgehead atoms. The van der Waals surface area contributed by atoms with Gasteiger partial charge in [0.1, 0.15) is 0 Å². The fraction of sp³-hybridized carbons (Fsp3) is 0.160. The molecule has 0 aliphatic rings. The summed E-state index contributed by atoms with van der Waals surface area (Å²) in [6.45, 7) is 0. The van der Waals surface area contributed by atoms with Crippen LogP contribution in [0.3, 0.4) is 0 Å². The fourth-order valence-corrected chi connectivity index (χ4v) is 4.54. The molecule has 0 unspecified atom stereocenters. The van der Waals surface area contributed by atoms with Crippen LogP contribution in [0.2, 0.25) is 0 Å². The molecule has 6 aromatic rings. The zero-order chi connectivity index (χ0) is 23.4. The topological polar surface area (TPSA) is 105 Å². The first-order chi connectivity index (χ1) is 16.5. The number of rotatable bonds is 4. The highest BCUT2D eigenvalue weighted by Gasteiger charge is 2.25. The van der Waals surface area contributed by atoms with Gasteiger partial charge in [-0.3, -0.25) is 14.3 Å². The molecule has 0 fully saturated rings. The van der Waals surface area contributed by atoms with Gasteiger partial charge in [-0.2, -0.15) is 5.10 Å². The second-order valence-corrected chi connectivity index (χ2v) is 8.56. The molecule has 4 heterocycles. The predicted octanol–water partition coefficient (Wildman–Crippen LogP) is 3.41. The van der Waals surface area contributed by atoms with Gasteiger partial charge in [-0.15, -0.1) is 5.10 Å². The van der Waals surface area contributed by atoms with Crippen LogP contribution in [-0.4, -0.2) is 39.3 Å². The van der Waals surface area contributed by atoms with Gasteiger partial charge in [-0.1, -0.05) is 17.3 Å². The molecule has 2 N–H and O–H groups in total. The predicted molar refractivity (Wildman–Crippen MR) is 131 cm³/mol. The van der Waals surface area contributed by atoms with Crippen molar-refractivity contribution in [2.45, 2.75) is 5.92 Å². The number of nitrogens with two attached hydrogens (primary N) is 1. The van der Waals surface area contributed by atoms with E-state index < -0.39 is 0 Å². The third-order valence-corrected chi connectivity index (χ3v) is 6.26. The number of nitrogen functional groups attached to an aromatic ring is 1. The molecule has 2 aromatic carbocycles. The van der Waals surface area contributed by atoms with E-state index in [1.165, 1.54) is 5.39 Å². The second-order valence-electron chi connectivity index (χ2n) is 8.56. The van der Waals surface area contributed by atoms with Crippen molar-refractivity contribution in [3.05, 3.63) is 84.3 Å². The van der Waals surface area contributed by atoms with E-state index in [0.717, 1.165) is 44.8 Å². The molecule has 0 saturated heterocycles. The second kappa shape index (κ2) is 7.51. The molecule has 9 heteroatoms. The van der Waals surface area contributed by atoms with Crippen molar-refractivity contribution in [3.8, 4) is 11.1 Å². The minimum absolute atomic E-state index is 0.265. The monoisotopic (exact) mass is 449 g/mol. The normalized spacial score (nSPS) is 12.6. The standard InChI is InChI=1S/C25H23N9/c1-32-8-6-15-4-5-16(10-22(15)32)18-11-17(26)12-20-25(18)29-21(13-27-20)24(19-7-9-33(2)30-19)23-14-28-31-34(23)3/h4-14,24H,26H2,1-3H3/t24-/m1/s1. The van der Waals surface area contributed by atoms with Gasteiger partial charge >= 0.3 is 0 Å². The van der Waals surface area contributed by atoms with Crippen molar-refractivity contribution in [1.82, 2.24) is 39.3 Å². The van der Waals surface area contributed by atoms with Gasteiger partial charge in [-0.05, 0) is 41.3 Å². The summed E-state index contributed by atoms with van der Waals surface area (Å²) in [6, 6.07) is 14.3. The Bertz CT molecular complexity index is 1670. The lowest BCUT2D eigenvalue weighted by Crippen LogP contribution is -2.12. The van der Waals surface area contributed by atoms with Crippen LogP contribution in [0.5, 0.6) is 0 Å². The Kier molecular flexibility index (Phi) is 4.44. The number of fused-ring (bicyclic) bond motifs is 2. The SMILES string of the molecule is Cn1ccc([C@H](c2cnc3cc(N)cc(-c4ccc5ccn(C)c5c4)c3n2)c2cnnn2C)n1. The van der Waals surface area contributed by atoms with E-state index in [4.69, 9.17) is 15.7 Å². The number of aromatic nitrogens is 8. The van der Waals surface area contributed by atoms with E-state index in [2.05, 4.69) is 50.4 Å². The molecule has 4 aromatic heterocycles. The Morgan fingerprint density at radius 2 is 1.79 bits per heavy atom. The van der Waals surface area contributed by atoms with Gasteiger partial charge in [-0.25, -0.2) is 4.98 Å². The molecule has 0 aliphatic heterocycles. The summed E-state index contributed by atoms with van der Waals surface area (Å²) in [5.74, 6) is -0.265. The summed E-state index contributed by atoms with van der Waals surface area (Å²) in [6.07, 6.45) is 7.52. The van der Waals surface area contributed by atoms with Gasteiger partial charge in [0.15, 0.2) is 0 Å². The summed E-state index contributed by atoms with van der Waals surface area (Å²) in [4.78, 5) is 9.88. The van der Waals surface area contributed by atoms with Crippen LogP contribution in [-0.2, 0) is 21.1 Å². The van der Waals surface area contributed by atoms with Crippen LogP contribution in [0.4, 0.5) is 5.69 Å². The summed E-state index contributed by atoms with van der Waals surface area (Å²) >= 11 is 0.